The largest absolute Gasteiger partial charge is 0.479 e. The molecule has 0 bridgehead atoms. The van der Waals surface area contributed by atoms with Crippen LogP contribution in [0.3, 0.4) is 0 Å². The Morgan fingerprint density at radius 1 is 1.42 bits per heavy atom. The number of carboxylic acids is 1. The molecule has 2 unspecified atom stereocenters. The van der Waals surface area contributed by atoms with E-state index in [9.17, 15) is 17.6 Å². The summed E-state index contributed by atoms with van der Waals surface area (Å²) in [7, 11) is -3.67. The second kappa shape index (κ2) is 5.26. The lowest BCUT2D eigenvalue weighted by Gasteiger charge is -2.11. The molecule has 1 saturated heterocycles. The van der Waals surface area contributed by atoms with Crippen LogP contribution in [0.4, 0.5) is 4.39 Å². The third-order valence-electron chi connectivity index (χ3n) is 2.94. The van der Waals surface area contributed by atoms with Gasteiger partial charge in [-0.2, -0.15) is 0 Å². The van der Waals surface area contributed by atoms with Crippen LogP contribution >= 0.6 is 0 Å². The van der Waals surface area contributed by atoms with Crippen LogP contribution in [0.5, 0.6) is 0 Å². The van der Waals surface area contributed by atoms with E-state index in [0.29, 0.717) is 12.8 Å². The Kier molecular flexibility index (Phi) is 3.86. The highest BCUT2D eigenvalue weighted by atomic mass is 32.2. The monoisotopic (exact) mass is 288 g/mol. The second-order valence-corrected chi connectivity index (χ2v) is 6.44. The number of hydrogen-bond donors (Lipinski definition) is 1. The average Bonchev–Trinajstić information content (AvgIpc) is 2.77. The molecule has 5 nitrogen and oxygen atoms in total. The topological polar surface area (TPSA) is 80.7 Å². The molecule has 0 aliphatic carbocycles. The molecule has 2 rings (SSSR count). The summed E-state index contributed by atoms with van der Waals surface area (Å²) in [5.74, 6) is -2.05. The maximum atomic E-state index is 13.0. The molecule has 1 fully saturated rings. The van der Waals surface area contributed by atoms with Gasteiger partial charge in [0.1, 0.15) is 5.82 Å². The van der Waals surface area contributed by atoms with Gasteiger partial charge in [-0.05, 0) is 31.0 Å². The Morgan fingerprint density at radius 2 is 2.16 bits per heavy atom. The van der Waals surface area contributed by atoms with Gasteiger partial charge in [-0.3, -0.25) is 0 Å². The predicted molar refractivity (Wildman–Crippen MR) is 64.0 cm³/mol. The van der Waals surface area contributed by atoms with Gasteiger partial charge in [0, 0.05) is 0 Å². The summed E-state index contributed by atoms with van der Waals surface area (Å²) in [6.07, 6.45) is -0.952. The molecule has 19 heavy (non-hydrogen) atoms. The minimum Gasteiger partial charge on any atom is -0.479 e. The molecule has 1 aromatic rings. The molecule has 0 radical (unpaired) electrons. The van der Waals surface area contributed by atoms with Crippen molar-refractivity contribution in [1.82, 2.24) is 0 Å². The van der Waals surface area contributed by atoms with E-state index in [0.717, 1.165) is 12.1 Å². The van der Waals surface area contributed by atoms with E-state index in [1.807, 2.05) is 0 Å². The maximum Gasteiger partial charge on any atom is 0.332 e. The van der Waals surface area contributed by atoms with Crippen molar-refractivity contribution < 1.29 is 27.4 Å². The highest BCUT2D eigenvalue weighted by Crippen LogP contribution is 2.23. The number of sulfone groups is 1. The quantitative estimate of drug-likeness (QED) is 0.901. The van der Waals surface area contributed by atoms with Crippen LogP contribution in [-0.2, 0) is 19.4 Å². The molecular formula is C12H13FO5S. The Balaban J connectivity index is 2.09. The fourth-order valence-corrected chi connectivity index (χ4v) is 3.52. The van der Waals surface area contributed by atoms with Gasteiger partial charge in [-0.1, -0.05) is 6.07 Å². The van der Waals surface area contributed by atoms with Crippen molar-refractivity contribution in [3.8, 4) is 0 Å². The lowest BCUT2D eigenvalue weighted by atomic mass is 10.2. The zero-order chi connectivity index (χ0) is 14.0. The van der Waals surface area contributed by atoms with Crippen molar-refractivity contribution in [2.24, 2.45) is 0 Å². The van der Waals surface area contributed by atoms with Crippen molar-refractivity contribution in [3.05, 3.63) is 30.1 Å². The minimum atomic E-state index is -3.67. The molecule has 2 atom stereocenters. The van der Waals surface area contributed by atoms with Crippen LogP contribution in [0.2, 0.25) is 0 Å². The first-order valence-corrected chi connectivity index (χ1v) is 7.40. The van der Waals surface area contributed by atoms with Gasteiger partial charge < -0.3 is 9.84 Å². The Labute approximate surface area is 109 Å². The molecule has 1 aliphatic heterocycles. The van der Waals surface area contributed by atoms with Gasteiger partial charge in [-0.15, -0.1) is 0 Å². The van der Waals surface area contributed by atoms with E-state index in [-0.39, 0.29) is 10.6 Å². The minimum absolute atomic E-state index is 0.116. The summed E-state index contributed by atoms with van der Waals surface area (Å²) >= 11 is 0. The fourth-order valence-electron chi connectivity index (χ4n) is 2.01. The van der Waals surface area contributed by atoms with E-state index in [1.54, 1.807) is 0 Å². The molecule has 7 heteroatoms. The number of carboxylic acid groups (broad SMARTS) is 1. The first-order valence-electron chi connectivity index (χ1n) is 5.75. The molecule has 0 aromatic heterocycles. The van der Waals surface area contributed by atoms with Gasteiger partial charge in [0.2, 0.25) is 0 Å². The first-order chi connectivity index (χ1) is 8.88. The Hall–Kier alpha value is -1.47. The molecule has 0 amide bonds. The summed E-state index contributed by atoms with van der Waals surface area (Å²) < 4.78 is 42.2. The van der Waals surface area contributed by atoms with Crippen molar-refractivity contribution >= 4 is 15.8 Å². The molecule has 1 heterocycles. The second-order valence-electron chi connectivity index (χ2n) is 4.40. The normalized spacial score (nSPS) is 23.4. The SMILES string of the molecule is O=C(O)C1CCC(CS(=O)(=O)c2cccc(F)c2)O1. The summed E-state index contributed by atoms with van der Waals surface area (Å²) in [5, 5.41) is 8.76. The van der Waals surface area contributed by atoms with E-state index >= 15 is 0 Å². The molecule has 1 aromatic carbocycles. The molecule has 0 saturated carbocycles. The van der Waals surface area contributed by atoms with Gasteiger partial charge in [0.05, 0.1) is 16.8 Å². The Bertz CT molecular complexity index is 584. The number of carbonyl (C=O) groups is 1. The highest BCUT2D eigenvalue weighted by molar-refractivity contribution is 7.91. The van der Waals surface area contributed by atoms with Gasteiger partial charge in [0.15, 0.2) is 15.9 Å². The Morgan fingerprint density at radius 3 is 2.74 bits per heavy atom. The van der Waals surface area contributed by atoms with Crippen LogP contribution in [0.1, 0.15) is 12.8 Å². The summed E-state index contributed by atoms with van der Waals surface area (Å²) in [6.45, 7) is 0. The highest BCUT2D eigenvalue weighted by Gasteiger charge is 2.33. The van der Waals surface area contributed by atoms with E-state index in [4.69, 9.17) is 9.84 Å². The van der Waals surface area contributed by atoms with Crippen LogP contribution < -0.4 is 0 Å². The number of rotatable bonds is 4. The number of ether oxygens (including phenoxy) is 1. The van der Waals surface area contributed by atoms with Crippen LogP contribution in [-0.4, -0.2) is 37.5 Å². The van der Waals surface area contributed by atoms with Crippen molar-refractivity contribution in [3.63, 3.8) is 0 Å². The maximum absolute atomic E-state index is 13.0. The molecule has 104 valence electrons. The zero-order valence-electron chi connectivity index (χ0n) is 9.95. The van der Waals surface area contributed by atoms with Gasteiger partial charge in [-0.25, -0.2) is 17.6 Å². The number of halogens is 1. The summed E-state index contributed by atoms with van der Waals surface area (Å²) in [5.41, 5.74) is 0. The molecule has 1 aliphatic rings. The third kappa shape index (κ3) is 3.30. The van der Waals surface area contributed by atoms with Crippen LogP contribution in [0.25, 0.3) is 0 Å². The fraction of sp³-hybridized carbons (Fsp3) is 0.417. The lowest BCUT2D eigenvalue weighted by Crippen LogP contribution is -2.25. The van der Waals surface area contributed by atoms with Crippen molar-refractivity contribution in [2.45, 2.75) is 29.9 Å². The lowest BCUT2D eigenvalue weighted by molar-refractivity contribution is -0.148. The zero-order valence-corrected chi connectivity index (χ0v) is 10.8. The first kappa shape index (κ1) is 14.0. The van der Waals surface area contributed by atoms with Crippen molar-refractivity contribution in [2.75, 3.05) is 5.75 Å². The van der Waals surface area contributed by atoms with Crippen molar-refractivity contribution in [1.29, 1.82) is 0 Å². The predicted octanol–water partition coefficient (Wildman–Crippen LogP) is 1.23. The van der Waals surface area contributed by atoms with Crippen LogP contribution in [0, 0.1) is 5.82 Å². The average molecular weight is 288 g/mol. The summed E-state index contributed by atoms with van der Waals surface area (Å²) in [4.78, 5) is 10.6. The third-order valence-corrected chi connectivity index (χ3v) is 4.73. The number of aliphatic carboxylic acids is 1. The standard InChI is InChI=1S/C12H13FO5S/c13-8-2-1-3-10(6-8)19(16,17)7-9-4-5-11(18-9)12(14)15/h1-3,6,9,11H,4-5,7H2,(H,14,15). The number of hydrogen-bond acceptors (Lipinski definition) is 4. The summed E-state index contributed by atoms with van der Waals surface area (Å²) in [6, 6.07) is 4.73. The smallest absolute Gasteiger partial charge is 0.332 e. The number of benzene rings is 1. The molecule has 1 N–H and O–H groups in total. The molecular weight excluding hydrogens is 275 g/mol. The van der Waals surface area contributed by atoms with Crippen LogP contribution in [0.15, 0.2) is 29.2 Å². The van der Waals surface area contributed by atoms with E-state index in [2.05, 4.69) is 0 Å². The van der Waals surface area contributed by atoms with E-state index < -0.39 is 33.8 Å². The van der Waals surface area contributed by atoms with Gasteiger partial charge in [0.25, 0.3) is 0 Å². The van der Waals surface area contributed by atoms with Gasteiger partial charge >= 0.3 is 5.97 Å². The van der Waals surface area contributed by atoms with E-state index in [1.165, 1.54) is 12.1 Å². The molecule has 0 spiro atoms.